The molecule has 0 saturated heterocycles. The number of allylic oxidation sites excluding steroid dienone is 2. The normalized spacial score (nSPS) is 43.5. The van der Waals surface area contributed by atoms with E-state index in [0.717, 1.165) is 11.3 Å². The van der Waals surface area contributed by atoms with E-state index in [0.29, 0.717) is 0 Å². The first-order chi connectivity index (χ1) is 4.63. The van der Waals surface area contributed by atoms with E-state index in [1.807, 2.05) is 0 Å². The van der Waals surface area contributed by atoms with Gasteiger partial charge in [0.2, 0.25) is 0 Å². The van der Waals surface area contributed by atoms with Gasteiger partial charge in [0.05, 0.1) is 0 Å². The van der Waals surface area contributed by atoms with Crippen molar-refractivity contribution < 1.29 is 0 Å². The molecule has 0 aliphatic heterocycles. The Morgan fingerprint density at radius 3 is 2.40 bits per heavy atom. The van der Waals surface area contributed by atoms with Crippen LogP contribution in [0, 0.1) is 11.3 Å². The molecule has 2 fully saturated rings. The third-order valence-electron chi connectivity index (χ3n) is 3.38. The van der Waals surface area contributed by atoms with Gasteiger partial charge in [0.1, 0.15) is 0 Å². The Morgan fingerprint density at radius 2 is 2.20 bits per heavy atom. The maximum atomic E-state index is 2.44. The molecule has 0 nitrogen and oxygen atoms in total. The Bertz CT molecular complexity index is 196. The molecule has 0 radical (unpaired) electrons. The summed E-state index contributed by atoms with van der Waals surface area (Å²) in [6.45, 7) is 6.96. The highest BCUT2D eigenvalue weighted by atomic mass is 14.6. The van der Waals surface area contributed by atoms with Crippen LogP contribution in [-0.4, -0.2) is 0 Å². The van der Waals surface area contributed by atoms with E-state index in [2.05, 4.69) is 20.8 Å². The van der Waals surface area contributed by atoms with E-state index >= 15 is 0 Å². The first-order valence-corrected chi connectivity index (χ1v) is 4.30. The molecule has 2 atom stereocenters. The van der Waals surface area contributed by atoms with Crippen molar-refractivity contribution in [2.75, 3.05) is 0 Å². The molecule has 0 aromatic rings. The van der Waals surface area contributed by atoms with Crippen LogP contribution in [0.2, 0.25) is 0 Å². The second-order valence-electron chi connectivity index (χ2n) is 4.44. The van der Waals surface area contributed by atoms with E-state index in [9.17, 15) is 0 Å². The van der Waals surface area contributed by atoms with Crippen LogP contribution >= 0.6 is 0 Å². The van der Waals surface area contributed by atoms with E-state index in [-0.39, 0.29) is 0 Å². The van der Waals surface area contributed by atoms with Crippen molar-refractivity contribution in [3.05, 3.63) is 11.1 Å². The van der Waals surface area contributed by atoms with Gasteiger partial charge in [-0.05, 0) is 44.4 Å². The zero-order valence-electron chi connectivity index (χ0n) is 7.20. The quantitative estimate of drug-likeness (QED) is 0.449. The first kappa shape index (κ1) is 6.45. The Kier molecular flexibility index (Phi) is 1.07. The highest BCUT2D eigenvalue weighted by molar-refractivity contribution is 5.29. The fourth-order valence-corrected chi connectivity index (χ4v) is 2.42. The highest BCUT2D eigenvalue weighted by Gasteiger charge is 2.55. The van der Waals surface area contributed by atoms with Crippen molar-refractivity contribution in [2.45, 2.75) is 40.0 Å². The van der Waals surface area contributed by atoms with Crippen LogP contribution < -0.4 is 0 Å². The van der Waals surface area contributed by atoms with Gasteiger partial charge in [-0.3, -0.25) is 0 Å². The van der Waals surface area contributed by atoms with Crippen LogP contribution in [0.25, 0.3) is 0 Å². The summed E-state index contributed by atoms with van der Waals surface area (Å²) >= 11 is 0. The molecular weight excluding hydrogens is 120 g/mol. The van der Waals surface area contributed by atoms with Crippen molar-refractivity contribution in [1.29, 1.82) is 0 Å². The van der Waals surface area contributed by atoms with E-state index in [1.165, 1.54) is 19.3 Å². The summed E-state index contributed by atoms with van der Waals surface area (Å²) in [5.41, 5.74) is 4.13. The Balaban J connectivity index is 2.26. The maximum absolute atomic E-state index is 2.44. The summed E-state index contributed by atoms with van der Waals surface area (Å²) in [7, 11) is 0. The standard InChI is InChI=1S/C10H16/c1-7(2)8-4-5-10(3)6-9(8)10/h9H,4-6H2,1-3H3/t9-,10-/m0/s1. The Morgan fingerprint density at radius 1 is 1.50 bits per heavy atom. The van der Waals surface area contributed by atoms with Gasteiger partial charge in [-0.1, -0.05) is 18.1 Å². The van der Waals surface area contributed by atoms with Crippen LogP contribution in [-0.2, 0) is 0 Å². The third kappa shape index (κ3) is 0.680. The lowest BCUT2D eigenvalue weighted by Gasteiger charge is -2.00. The molecule has 0 heterocycles. The highest BCUT2D eigenvalue weighted by Crippen LogP contribution is 2.66. The van der Waals surface area contributed by atoms with Gasteiger partial charge in [-0.25, -0.2) is 0 Å². The Labute approximate surface area is 63.3 Å². The second kappa shape index (κ2) is 1.66. The number of hydrogen-bond acceptors (Lipinski definition) is 0. The summed E-state index contributed by atoms with van der Waals surface area (Å²) in [5, 5.41) is 0. The molecule has 2 aliphatic rings. The fourth-order valence-electron chi connectivity index (χ4n) is 2.42. The van der Waals surface area contributed by atoms with Crippen LogP contribution in [0.5, 0.6) is 0 Å². The summed E-state index contributed by atoms with van der Waals surface area (Å²) in [5.74, 6) is 0.998. The summed E-state index contributed by atoms with van der Waals surface area (Å²) in [4.78, 5) is 0. The zero-order valence-corrected chi connectivity index (χ0v) is 7.20. The first-order valence-electron chi connectivity index (χ1n) is 4.30. The SMILES string of the molecule is CC(C)=C1CC[C@@]2(C)C[C@@H]12. The van der Waals surface area contributed by atoms with Crippen LogP contribution in [0.3, 0.4) is 0 Å². The van der Waals surface area contributed by atoms with Gasteiger partial charge in [0.25, 0.3) is 0 Å². The van der Waals surface area contributed by atoms with Crippen molar-refractivity contribution in [1.82, 2.24) is 0 Å². The van der Waals surface area contributed by atoms with Crippen molar-refractivity contribution in [3.8, 4) is 0 Å². The van der Waals surface area contributed by atoms with E-state index in [1.54, 1.807) is 11.1 Å². The number of hydrogen-bond donors (Lipinski definition) is 0. The lowest BCUT2D eigenvalue weighted by atomic mass is 10.1. The van der Waals surface area contributed by atoms with Crippen LogP contribution in [0.15, 0.2) is 11.1 Å². The molecule has 56 valence electrons. The molecule has 0 N–H and O–H groups in total. The lowest BCUT2D eigenvalue weighted by Crippen LogP contribution is -1.86. The third-order valence-corrected chi connectivity index (χ3v) is 3.38. The van der Waals surface area contributed by atoms with E-state index < -0.39 is 0 Å². The minimum Gasteiger partial charge on any atom is -0.0769 e. The molecule has 0 unspecified atom stereocenters. The van der Waals surface area contributed by atoms with Crippen LogP contribution in [0.4, 0.5) is 0 Å². The van der Waals surface area contributed by atoms with Gasteiger partial charge in [-0.15, -0.1) is 0 Å². The van der Waals surface area contributed by atoms with Gasteiger partial charge in [-0.2, -0.15) is 0 Å². The minimum atomic E-state index is 0.757. The zero-order chi connectivity index (χ0) is 7.35. The molecular formula is C10H16. The minimum absolute atomic E-state index is 0.757. The monoisotopic (exact) mass is 136 g/mol. The smallest absolute Gasteiger partial charge is 0.0141 e. The average Bonchev–Trinajstić information content (AvgIpc) is 2.36. The summed E-state index contributed by atoms with van der Waals surface area (Å²) in [6.07, 6.45) is 4.33. The maximum Gasteiger partial charge on any atom is -0.0141 e. The molecule has 0 aromatic heterocycles. The van der Waals surface area contributed by atoms with Crippen molar-refractivity contribution in [2.24, 2.45) is 11.3 Å². The fraction of sp³-hybridized carbons (Fsp3) is 0.800. The lowest BCUT2D eigenvalue weighted by molar-refractivity contribution is 0.547. The van der Waals surface area contributed by atoms with Crippen molar-refractivity contribution in [3.63, 3.8) is 0 Å². The topological polar surface area (TPSA) is 0 Å². The Hall–Kier alpha value is -0.260. The summed E-state index contributed by atoms with van der Waals surface area (Å²) in [6, 6.07) is 0. The molecule has 10 heavy (non-hydrogen) atoms. The molecule has 0 heteroatoms. The molecule has 2 rings (SSSR count). The van der Waals surface area contributed by atoms with E-state index in [4.69, 9.17) is 0 Å². The number of rotatable bonds is 0. The molecule has 0 bridgehead atoms. The molecule has 0 spiro atoms. The van der Waals surface area contributed by atoms with Gasteiger partial charge < -0.3 is 0 Å². The molecule has 2 aliphatic carbocycles. The van der Waals surface area contributed by atoms with Gasteiger partial charge >= 0.3 is 0 Å². The van der Waals surface area contributed by atoms with Gasteiger partial charge in [0.15, 0.2) is 0 Å². The molecule has 2 saturated carbocycles. The second-order valence-corrected chi connectivity index (χ2v) is 4.44. The number of fused-ring (bicyclic) bond motifs is 1. The van der Waals surface area contributed by atoms with Crippen molar-refractivity contribution >= 4 is 0 Å². The molecule has 0 aromatic carbocycles. The average molecular weight is 136 g/mol. The molecule has 0 amide bonds. The predicted octanol–water partition coefficient (Wildman–Crippen LogP) is 3.14. The predicted molar refractivity (Wildman–Crippen MR) is 43.8 cm³/mol. The van der Waals surface area contributed by atoms with Gasteiger partial charge in [0, 0.05) is 0 Å². The van der Waals surface area contributed by atoms with Crippen LogP contribution in [0.1, 0.15) is 40.0 Å². The largest absolute Gasteiger partial charge is 0.0769 e. The summed E-state index contributed by atoms with van der Waals surface area (Å²) < 4.78 is 0.